The van der Waals surface area contributed by atoms with Crippen LogP contribution in [0.15, 0.2) is 84.9 Å². The Morgan fingerprint density at radius 1 is 0.657 bits per heavy atom. The van der Waals surface area contributed by atoms with E-state index >= 15 is 0 Å². The summed E-state index contributed by atoms with van der Waals surface area (Å²) >= 11 is 0. The molecule has 2 fully saturated rings. The number of phenolic OH excluding ortho intramolecular Hbond substituents is 2. The lowest BCUT2D eigenvalue weighted by atomic mass is 9.65. The molecule has 0 spiro atoms. The fraction of sp³-hybridized carbons (Fsp3) is 0.226. The quantitative estimate of drug-likeness (QED) is 0.334. The smallest absolute Gasteiger partial charge is 0.115 e. The summed E-state index contributed by atoms with van der Waals surface area (Å²) in [7, 11) is 0. The predicted molar refractivity (Wildman–Crippen MR) is 134 cm³/mol. The molecular formula is C31H26O4. The number of fused-ring (bicyclic) bond motifs is 3. The number of hydrogen-bond acceptors (Lipinski definition) is 4. The molecule has 2 aliphatic heterocycles. The van der Waals surface area contributed by atoms with Crippen LogP contribution < -0.4 is 0 Å². The van der Waals surface area contributed by atoms with Gasteiger partial charge in [0.15, 0.2) is 0 Å². The molecule has 4 aromatic carbocycles. The van der Waals surface area contributed by atoms with Gasteiger partial charge in [-0.25, -0.2) is 0 Å². The second kappa shape index (κ2) is 7.70. The highest BCUT2D eigenvalue weighted by atomic mass is 16.6. The molecule has 2 N–H and O–H groups in total. The van der Waals surface area contributed by atoms with Crippen LogP contribution in [0.2, 0.25) is 0 Å². The zero-order valence-electron chi connectivity index (χ0n) is 19.3. The van der Waals surface area contributed by atoms with Crippen LogP contribution in [0.3, 0.4) is 0 Å². The SMILES string of the molecule is Oc1ccc(C2(c3ccc(O)cc3)c3ccccc3-c3ccc(CC4CO4)c(CC4CO4)c32)cc1. The Bertz CT molecular complexity index is 1370. The number of aromatic hydroxyl groups is 2. The molecule has 2 heterocycles. The highest BCUT2D eigenvalue weighted by molar-refractivity contribution is 5.88. The van der Waals surface area contributed by atoms with Crippen LogP contribution in [-0.2, 0) is 27.7 Å². The maximum Gasteiger partial charge on any atom is 0.115 e. The largest absolute Gasteiger partial charge is 0.508 e. The molecule has 0 radical (unpaired) electrons. The number of ether oxygens (including phenoxy) is 2. The molecule has 2 atom stereocenters. The standard InChI is InChI=1S/C31H26O4/c32-22-10-6-20(7-11-22)31(21-8-12-23(33)13-9-21)29-4-2-1-3-26(29)27-14-5-19(15-24-17-34-24)28(30(27)31)16-25-18-35-25/h1-14,24-25,32-33H,15-18H2. The van der Waals surface area contributed by atoms with Gasteiger partial charge in [-0.15, -0.1) is 0 Å². The van der Waals surface area contributed by atoms with Crippen LogP contribution in [-0.4, -0.2) is 35.6 Å². The number of rotatable bonds is 6. The minimum absolute atomic E-state index is 0.237. The van der Waals surface area contributed by atoms with Crippen molar-refractivity contribution in [2.45, 2.75) is 30.5 Å². The highest BCUT2D eigenvalue weighted by Gasteiger charge is 2.48. The Balaban J connectivity index is 1.60. The molecule has 7 rings (SSSR count). The Hall–Kier alpha value is -3.60. The summed E-state index contributed by atoms with van der Waals surface area (Å²) in [6.07, 6.45) is 2.28. The minimum atomic E-state index is -0.585. The lowest BCUT2D eigenvalue weighted by Gasteiger charge is -2.36. The van der Waals surface area contributed by atoms with Crippen LogP contribution in [0.4, 0.5) is 0 Å². The molecule has 35 heavy (non-hydrogen) atoms. The molecule has 0 amide bonds. The maximum absolute atomic E-state index is 10.1. The summed E-state index contributed by atoms with van der Waals surface area (Å²) in [6.45, 7) is 1.61. The average molecular weight is 463 g/mol. The van der Waals surface area contributed by atoms with Crippen molar-refractivity contribution in [2.75, 3.05) is 13.2 Å². The van der Waals surface area contributed by atoms with E-state index in [1.807, 2.05) is 24.3 Å². The fourth-order valence-corrected chi connectivity index (χ4v) is 5.98. The Kier molecular flexibility index (Phi) is 4.57. The first-order valence-electron chi connectivity index (χ1n) is 12.2. The molecule has 174 valence electrons. The van der Waals surface area contributed by atoms with E-state index in [2.05, 4.69) is 36.4 Å². The van der Waals surface area contributed by atoms with Gasteiger partial charge in [0.1, 0.15) is 11.5 Å². The van der Waals surface area contributed by atoms with E-state index in [1.165, 1.54) is 33.4 Å². The van der Waals surface area contributed by atoms with Crippen LogP contribution in [0, 0.1) is 0 Å². The lowest BCUT2D eigenvalue weighted by Crippen LogP contribution is -2.30. The summed E-state index contributed by atoms with van der Waals surface area (Å²) in [5.74, 6) is 0.486. The molecule has 4 aromatic rings. The van der Waals surface area contributed by atoms with Crippen molar-refractivity contribution in [3.8, 4) is 22.6 Å². The second-order valence-corrected chi connectivity index (χ2v) is 9.83. The first-order valence-corrected chi connectivity index (χ1v) is 12.2. The van der Waals surface area contributed by atoms with Gasteiger partial charge in [0.25, 0.3) is 0 Å². The van der Waals surface area contributed by atoms with Crippen LogP contribution in [0.25, 0.3) is 11.1 Å². The molecule has 2 unspecified atom stereocenters. The van der Waals surface area contributed by atoms with Crippen LogP contribution in [0.1, 0.15) is 33.4 Å². The van der Waals surface area contributed by atoms with Crippen molar-refractivity contribution in [1.29, 1.82) is 0 Å². The third kappa shape index (κ3) is 3.28. The molecular weight excluding hydrogens is 436 g/mol. The zero-order chi connectivity index (χ0) is 23.6. The second-order valence-electron chi connectivity index (χ2n) is 9.83. The van der Waals surface area contributed by atoms with E-state index in [1.54, 1.807) is 24.3 Å². The summed E-state index contributed by atoms with van der Waals surface area (Å²) in [4.78, 5) is 0. The van der Waals surface area contributed by atoms with Gasteiger partial charge in [-0.2, -0.15) is 0 Å². The van der Waals surface area contributed by atoms with Gasteiger partial charge in [-0.1, -0.05) is 60.7 Å². The molecule has 0 aromatic heterocycles. The van der Waals surface area contributed by atoms with E-state index in [-0.39, 0.29) is 23.7 Å². The Morgan fingerprint density at radius 2 is 1.23 bits per heavy atom. The highest BCUT2D eigenvalue weighted by Crippen LogP contribution is 2.58. The Labute approximate surface area is 204 Å². The summed E-state index contributed by atoms with van der Waals surface area (Å²) < 4.78 is 11.4. The number of phenols is 2. The van der Waals surface area contributed by atoms with Crippen LogP contribution >= 0.6 is 0 Å². The third-order valence-corrected chi connectivity index (χ3v) is 7.69. The van der Waals surface area contributed by atoms with Crippen molar-refractivity contribution >= 4 is 0 Å². The molecule has 3 aliphatic rings. The van der Waals surface area contributed by atoms with E-state index in [4.69, 9.17) is 9.47 Å². The third-order valence-electron chi connectivity index (χ3n) is 7.69. The molecule has 0 saturated carbocycles. The van der Waals surface area contributed by atoms with Gasteiger partial charge in [0.2, 0.25) is 0 Å². The first kappa shape index (κ1) is 20.7. The van der Waals surface area contributed by atoms with Crippen molar-refractivity contribution in [3.05, 3.63) is 118 Å². The number of epoxide rings is 2. The van der Waals surface area contributed by atoms with Gasteiger partial charge in [0, 0.05) is 12.8 Å². The normalized spacial score (nSPS) is 20.8. The van der Waals surface area contributed by atoms with Crippen molar-refractivity contribution in [1.82, 2.24) is 0 Å². The summed E-state index contributed by atoms with van der Waals surface area (Å²) in [5.41, 5.74) is 9.18. The number of benzene rings is 4. The van der Waals surface area contributed by atoms with E-state index in [0.717, 1.165) is 37.2 Å². The summed E-state index contributed by atoms with van der Waals surface area (Å²) in [5, 5.41) is 20.3. The molecule has 1 aliphatic carbocycles. The van der Waals surface area contributed by atoms with Crippen LogP contribution in [0.5, 0.6) is 11.5 Å². The maximum atomic E-state index is 10.1. The van der Waals surface area contributed by atoms with Gasteiger partial charge < -0.3 is 19.7 Å². The monoisotopic (exact) mass is 462 g/mol. The van der Waals surface area contributed by atoms with Gasteiger partial charge in [-0.05, 0) is 68.8 Å². The minimum Gasteiger partial charge on any atom is -0.508 e. The molecule has 4 heteroatoms. The van der Waals surface area contributed by atoms with Gasteiger partial charge >= 0.3 is 0 Å². The van der Waals surface area contributed by atoms with E-state index < -0.39 is 5.41 Å². The first-order chi connectivity index (χ1) is 17.1. The molecule has 2 saturated heterocycles. The average Bonchev–Trinajstić information content (AvgIpc) is 3.81. The van der Waals surface area contributed by atoms with Gasteiger partial charge in [-0.3, -0.25) is 0 Å². The van der Waals surface area contributed by atoms with Crippen molar-refractivity contribution < 1.29 is 19.7 Å². The lowest BCUT2D eigenvalue weighted by molar-refractivity contribution is 0.401. The predicted octanol–water partition coefficient (Wildman–Crippen LogP) is 5.34. The van der Waals surface area contributed by atoms with Crippen molar-refractivity contribution in [2.24, 2.45) is 0 Å². The van der Waals surface area contributed by atoms with Crippen molar-refractivity contribution in [3.63, 3.8) is 0 Å². The summed E-state index contributed by atoms with van der Waals surface area (Å²) in [6, 6.07) is 28.4. The fourth-order valence-electron chi connectivity index (χ4n) is 5.98. The van der Waals surface area contributed by atoms with E-state index in [0.29, 0.717) is 0 Å². The zero-order valence-corrected chi connectivity index (χ0v) is 19.3. The molecule has 0 bridgehead atoms. The number of hydrogen-bond donors (Lipinski definition) is 2. The topological polar surface area (TPSA) is 65.5 Å². The Morgan fingerprint density at radius 3 is 1.83 bits per heavy atom. The van der Waals surface area contributed by atoms with Gasteiger partial charge in [0.05, 0.1) is 30.8 Å². The molecule has 4 nitrogen and oxygen atoms in total. The van der Waals surface area contributed by atoms with E-state index in [9.17, 15) is 10.2 Å².